The summed E-state index contributed by atoms with van der Waals surface area (Å²) in [7, 11) is 0. The maximum atomic E-state index is 11.5. The van der Waals surface area contributed by atoms with Gasteiger partial charge < -0.3 is 20.0 Å². The van der Waals surface area contributed by atoms with Crippen molar-refractivity contribution >= 4 is 11.9 Å². The molecule has 0 aliphatic rings. The van der Waals surface area contributed by atoms with E-state index in [0.717, 1.165) is 23.5 Å². The van der Waals surface area contributed by atoms with Crippen molar-refractivity contribution in [1.82, 2.24) is 25.3 Å². The number of rotatable bonds is 8. The first-order valence-electron chi connectivity index (χ1n) is 7.00. The number of H-pyrrole nitrogens is 2. The average Bonchev–Trinajstić information content (AvgIpc) is 3.18. The van der Waals surface area contributed by atoms with E-state index in [1.54, 1.807) is 18.7 Å². The van der Waals surface area contributed by atoms with E-state index in [2.05, 4.69) is 25.3 Å². The molecule has 2 aromatic heterocycles. The van der Waals surface area contributed by atoms with E-state index in [-0.39, 0.29) is 5.91 Å². The number of nitrogens with zero attached hydrogens (tertiary/aromatic N) is 2. The number of imidazole rings is 2. The first-order valence-corrected chi connectivity index (χ1v) is 7.00. The van der Waals surface area contributed by atoms with Crippen LogP contribution >= 0.6 is 0 Å². The van der Waals surface area contributed by atoms with E-state index < -0.39 is 12.2 Å². The molecule has 2 aromatic rings. The van der Waals surface area contributed by atoms with E-state index in [0.29, 0.717) is 19.4 Å². The van der Waals surface area contributed by atoms with E-state index in [4.69, 9.17) is 10.5 Å². The Morgan fingerprint density at radius 1 is 1.22 bits per heavy atom. The number of nitrogens with two attached hydrogens (primary N) is 1. The number of ether oxygens (including phenoxy) is 1. The topological polar surface area (TPSA) is 139 Å². The molecule has 5 N–H and O–H groups in total. The molecular weight excluding hydrogens is 300 g/mol. The normalized spacial score (nSPS) is 12.2. The van der Waals surface area contributed by atoms with E-state index >= 15 is 0 Å². The van der Waals surface area contributed by atoms with Crippen molar-refractivity contribution in [3.63, 3.8) is 0 Å². The standard InChI is InChI=1S/C14H18N6O3/c15-12(5-11-7-17-9-20-11)23-14(22)2-1-13(21)18-4-3-10-6-16-8-19-10/h1-2,6-9,12H,3-5,15H2,(H,16,19)(H,17,20)(H,18,21)/b2-1+. The van der Waals surface area contributed by atoms with Gasteiger partial charge in [-0.05, 0) is 0 Å². The largest absolute Gasteiger partial charge is 0.443 e. The second kappa shape index (κ2) is 8.49. The summed E-state index contributed by atoms with van der Waals surface area (Å²) in [5.41, 5.74) is 7.34. The molecule has 0 bridgehead atoms. The maximum absolute atomic E-state index is 11.5. The summed E-state index contributed by atoms with van der Waals surface area (Å²) in [6, 6.07) is 0. The SMILES string of the molecule is NC(Cc1cnc[nH]1)OC(=O)/C=C/C(=O)NCCc1cnc[nH]1. The number of aromatic amines is 2. The lowest BCUT2D eigenvalue weighted by Gasteiger charge is -2.10. The Kier molecular flexibility index (Phi) is 6.07. The van der Waals surface area contributed by atoms with Crippen LogP contribution in [0.4, 0.5) is 0 Å². The minimum absolute atomic E-state index is 0.315. The van der Waals surface area contributed by atoms with Gasteiger partial charge in [0.15, 0.2) is 6.23 Å². The molecule has 1 amide bonds. The highest BCUT2D eigenvalue weighted by molar-refractivity contribution is 5.94. The van der Waals surface area contributed by atoms with Crippen LogP contribution in [0.3, 0.4) is 0 Å². The summed E-state index contributed by atoms with van der Waals surface area (Å²) in [4.78, 5) is 36.6. The predicted molar refractivity (Wildman–Crippen MR) is 80.8 cm³/mol. The van der Waals surface area contributed by atoms with Gasteiger partial charge in [-0.3, -0.25) is 10.5 Å². The molecule has 23 heavy (non-hydrogen) atoms. The van der Waals surface area contributed by atoms with Gasteiger partial charge in [0.2, 0.25) is 5.91 Å². The average molecular weight is 318 g/mol. The molecule has 1 unspecified atom stereocenters. The lowest BCUT2D eigenvalue weighted by atomic mass is 10.3. The van der Waals surface area contributed by atoms with Crippen molar-refractivity contribution in [1.29, 1.82) is 0 Å². The van der Waals surface area contributed by atoms with Crippen molar-refractivity contribution in [2.24, 2.45) is 5.73 Å². The number of amides is 1. The molecule has 2 rings (SSSR count). The Morgan fingerprint density at radius 2 is 1.91 bits per heavy atom. The predicted octanol–water partition coefficient (Wildman–Crippen LogP) is -0.582. The number of hydrogen-bond acceptors (Lipinski definition) is 6. The molecule has 0 spiro atoms. The Bertz CT molecular complexity index is 636. The van der Waals surface area contributed by atoms with Crippen molar-refractivity contribution in [3.8, 4) is 0 Å². The lowest BCUT2D eigenvalue weighted by molar-refractivity contribution is -0.142. The van der Waals surface area contributed by atoms with Crippen LogP contribution in [0, 0.1) is 0 Å². The molecule has 0 saturated carbocycles. The Hall–Kier alpha value is -2.94. The lowest BCUT2D eigenvalue weighted by Crippen LogP contribution is -2.29. The van der Waals surface area contributed by atoms with Crippen molar-refractivity contribution in [2.75, 3.05) is 6.54 Å². The highest BCUT2D eigenvalue weighted by Crippen LogP contribution is 1.98. The fourth-order valence-corrected chi connectivity index (χ4v) is 1.79. The Balaban J connectivity index is 1.64. The summed E-state index contributed by atoms with van der Waals surface area (Å²) in [6.07, 6.45) is 8.63. The molecule has 122 valence electrons. The molecule has 0 aliphatic heterocycles. The fourth-order valence-electron chi connectivity index (χ4n) is 1.79. The van der Waals surface area contributed by atoms with Gasteiger partial charge in [-0.1, -0.05) is 0 Å². The van der Waals surface area contributed by atoms with Gasteiger partial charge in [0.25, 0.3) is 0 Å². The van der Waals surface area contributed by atoms with Gasteiger partial charge in [-0.25, -0.2) is 14.8 Å². The number of carbonyl (C=O) groups excluding carboxylic acids is 2. The first kappa shape index (κ1) is 16.4. The minimum atomic E-state index is -0.809. The van der Waals surface area contributed by atoms with Crippen LogP contribution in [0.1, 0.15) is 11.4 Å². The number of nitrogens with one attached hydrogen (secondary N) is 3. The third kappa shape index (κ3) is 6.14. The summed E-state index contributed by atoms with van der Waals surface area (Å²) >= 11 is 0. The zero-order valence-electron chi connectivity index (χ0n) is 12.4. The number of hydrogen-bond donors (Lipinski definition) is 4. The maximum Gasteiger partial charge on any atom is 0.332 e. The van der Waals surface area contributed by atoms with Gasteiger partial charge >= 0.3 is 5.97 Å². The van der Waals surface area contributed by atoms with Crippen LogP contribution in [-0.4, -0.2) is 44.6 Å². The quantitative estimate of drug-likeness (QED) is 0.292. The van der Waals surface area contributed by atoms with Crippen LogP contribution in [0.2, 0.25) is 0 Å². The summed E-state index contributed by atoms with van der Waals surface area (Å²) < 4.78 is 4.95. The third-order valence-electron chi connectivity index (χ3n) is 2.86. The summed E-state index contributed by atoms with van der Waals surface area (Å²) in [5.74, 6) is -1.07. The highest BCUT2D eigenvalue weighted by atomic mass is 16.6. The van der Waals surface area contributed by atoms with Crippen LogP contribution in [0.25, 0.3) is 0 Å². The van der Waals surface area contributed by atoms with E-state index in [9.17, 15) is 9.59 Å². The number of esters is 1. The van der Waals surface area contributed by atoms with Crippen LogP contribution < -0.4 is 11.1 Å². The third-order valence-corrected chi connectivity index (χ3v) is 2.86. The molecule has 9 heteroatoms. The first-order chi connectivity index (χ1) is 11.1. The summed E-state index contributed by atoms with van der Waals surface area (Å²) in [5, 5.41) is 2.64. The zero-order valence-corrected chi connectivity index (χ0v) is 12.4. The minimum Gasteiger partial charge on any atom is -0.443 e. The summed E-state index contributed by atoms with van der Waals surface area (Å²) in [6.45, 7) is 0.430. The monoisotopic (exact) mass is 318 g/mol. The Morgan fingerprint density at radius 3 is 2.57 bits per heavy atom. The van der Waals surface area contributed by atoms with Crippen LogP contribution in [0.15, 0.2) is 37.2 Å². The highest BCUT2D eigenvalue weighted by Gasteiger charge is 2.09. The molecule has 0 aromatic carbocycles. The molecule has 0 saturated heterocycles. The van der Waals surface area contributed by atoms with Crippen molar-refractivity contribution in [3.05, 3.63) is 48.6 Å². The number of aromatic nitrogens is 4. The van der Waals surface area contributed by atoms with Crippen molar-refractivity contribution in [2.45, 2.75) is 19.1 Å². The molecule has 0 aliphatic carbocycles. The number of carbonyl (C=O) groups is 2. The molecule has 9 nitrogen and oxygen atoms in total. The van der Waals surface area contributed by atoms with Gasteiger partial charge in [0.05, 0.1) is 12.7 Å². The van der Waals surface area contributed by atoms with Gasteiger partial charge in [0.1, 0.15) is 0 Å². The van der Waals surface area contributed by atoms with Crippen LogP contribution in [-0.2, 0) is 27.2 Å². The molecule has 0 radical (unpaired) electrons. The second-order valence-electron chi connectivity index (χ2n) is 4.71. The Labute approximate surface area is 132 Å². The fraction of sp³-hybridized carbons (Fsp3) is 0.286. The van der Waals surface area contributed by atoms with E-state index in [1.807, 2.05) is 0 Å². The molecular formula is C14H18N6O3. The second-order valence-corrected chi connectivity index (χ2v) is 4.71. The van der Waals surface area contributed by atoms with Gasteiger partial charge in [-0.15, -0.1) is 0 Å². The van der Waals surface area contributed by atoms with E-state index in [1.165, 1.54) is 6.33 Å². The van der Waals surface area contributed by atoms with Crippen molar-refractivity contribution < 1.29 is 14.3 Å². The molecule has 0 fully saturated rings. The molecule has 2 heterocycles. The molecule has 1 atom stereocenters. The van der Waals surface area contributed by atoms with Gasteiger partial charge in [-0.2, -0.15) is 0 Å². The van der Waals surface area contributed by atoms with Gasteiger partial charge in [0, 0.05) is 55.3 Å². The van der Waals surface area contributed by atoms with Crippen LogP contribution in [0.5, 0.6) is 0 Å². The smallest absolute Gasteiger partial charge is 0.332 e. The zero-order chi connectivity index (χ0) is 16.5.